The van der Waals surface area contributed by atoms with E-state index in [4.69, 9.17) is 10.00 Å². The Morgan fingerprint density at radius 2 is 1.48 bits per heavy atom. The number of anilines is 2. The number of urea groups is 1. The van der Waals surface area contributed by atoms with Gasteiger partial charge in [-0.3, -0.25) is 14.4 Å². The molecule has 0 aromatic heterocycles. The van der Waals surface area contributed by atoms with Gasteiger partial charge < -0.3 is 35.2 Å². The third-order valence-electron chi connectivity index (χ3n) is 7.91. The fourth-order valence-corrected chi connectivity index (χ4v) is 5.40. The minimum Gasteiger partial charge on any atom is -0.481 e. The monoisotopic (exact) mass is 628 g/mol. The number of nitriles is 1. The highest BCUT2D eigenvalue weighted by atomic mass is 19.1. The molecule has 4 amide bonds. The molecule has 238 valence electrons. The summed E-state index contributed by atoms with van der Waals surface area (Å²) in [5, 5.41) is 24.2. The molecule has 0 bridgehead atoms. The average molecular weight is 629 g/mol. The lowest BCUT2D eigenvalue weighted by Crippen LogP contribution is -2.54. The van der Waals surface area contributed by atoms with E-state index in [1.807, 2.05) is 11.0 Å². The maximum absolute atomic E-state index is 13.5. The van der Waals surface area contributed by atoms with Gasteiger partial charge in [0.2, 0.25) is 0 Å². The summed E-state index contributed by atoms with van der Waals surface area (Å²) in [5.41, 5.74) is 2.27. The molecule has 2 aliphatic rings. The van der Waals surface area contributed by atoms with Crippen molar-refractivity contribution in [2.24, 2.45) is 0 Å². The second-order valence-electron chi connectivity index (χ2n) is 10.9. The number of carboxylic acid groups (broad SMARTS) is 1. The van der Waals surface area contributed by atoms with Crippen LogP contribution in [0.2, 0.25) is 0 Å². The number of piperazine rings is 1. The summed E-state index contributed by atoms with van der Waals surface area (Å²) in [6, 6.07) is 17.2. The van der Waals surface area contributed by atoms with Crippen LogP contribution in [-0.2, 0) is 9.53 Å². The number of halogens is 1. The van der Waals surface area contributed by atoms with Gasteiger partial charge in [-0.25, -0.2) is 9.18 Å². The van der Waals surface area contributed by atoms with Crippen LogP contribution in [0.15, 0.2) is 66.7 Å². The van der Waals surface area contributed by atoms with Crippen LogP contribution in [0.25, 0.3) is 0 Å². The number of rotatable bonds is 8. The van der Waals surface area contributed by atoms with E-state index in [-0.39, 0.29) is 11.6 Å². The predicted octanol–water partition coefficient (Wildman–Crippen LogP) is 3.47. The first-order valence-electron chi connectivity index (χ1n) is 14.8. The smallest absolute Gasteiger partial charge is 0.320 e. The maximum Gasteiger partial charge on any atom is 0.320 e. The number of nitrogens with one attached hydrogen (secondary N) is 2. The number of morpholine rings is 1. The molecular formula is C33H33FN6O6. The zero-order chi connectivity index (χ0) is 32.6. The summed E-state index contributed by atoms with van der Waals surface area (Å²) in [5.74, 6) is -2.68. The van der Waals surface area contributed by atoms with Gasteiger partial charge in [0.1, 0.15) is 5.82 Å². The normalized spacial score (nSPS) is 15.4. The molecular weight excluding hydrogens is 595 g/mol. The number of carboxylic acids is 1. The van der Waals surface area contributed by atoms with Crippen LogP contribution in [0.4, 0.5) is 20.6 Å². The molecule has 2 heterocycles. The Kier molecular flexibility index (Phi) is 10.1. The first kappa shape index (κ1) is 31.9. The second kappa shape index (κ2) is 14.5. The van der Waals surface area contributed by atoms with E-state index in [1.54, 1.807) is 21.9 Å². The largest absolute Gasteiger partial charge is 0.481 e. The molecule has 1 unspecified atom stereocenters. The Hall–Kier alpha value is -5.48. The molecule has 3 aromatic carbocycles. The molecule has 46 heavy (non-hydrogen) atoms. The van der Waals surface area contributed by atoms with Crippen LogP contribution in [0.3, 0.4) is 0 Å². The van der Waals surface area contributed by atoms with Crippen molar-refractivity contribution in [3.8, 4) is 6.07 Å². The molecule has 13 heteroatoms. The Morgan fingerprint density at radius 1 is 0.848 bits per heavy atom. The molecule has 0 saturated carbocycles. The maximum atomic E-state index is 13.5. The fraction of sp³-hybridized carbons (Fsp3) is 0.303. The lowest BCUT2D eigenvalue weighted by atomic mass is 10.0. The van der Waals surface area contributed by atoms with Crippen LogP contribution in [0, 0.1) is 17.1 Å². The average Bonchev–Trinajstić information content (AvgIpc) is 3.08. The summed E-state index contributed by atoms with van der Waals surface area (Å²) in [7, 11) is 0. The Labute approximate surface area is 264 Å². The summed E-state index contributed by atoms with van der Waals surface area (Å²) in [6.45, 7) is 3.97. The summed E-state index contributed by atoms with van der Waals surface area (Å²) in [6.07, 6.45) is -0.425. The number of aliphatic carboxylic acids is 1. The minimum atomic E-state index is -1.15. The van der Waals surface area contributed by atoms with Crippen molar-refractivity contribution in [3.63, 3.8) is 0 Å². The SMILES string of the molecule is N#Cc1ccc(C(=O)Nc2cc(C(=O)NC(CC(=O)O)c3ccc(F)cc3)ccc2N2CCN(C(=O)N3CCOCC3)CC2)cc1. The van der Waals surface area contributed by atoms with Gasteiger partial charge in [0, 0.05) is 50.4 Å². The van der Waals surface area contributed by atoms with Crippen molar-refractivity contribution in [2.75, 3.05) is 62.7 Å². The zero-order valence-electron chi connectivity index (χ0n) is 24.9. The van der Waals surface area contributed by atoms with Gasteiger partial charge in [-0.1, -0.05) is 12.1 Å². The fourth-order valence-electron chi connectivity index (χ4n) is 5.40. The number of carbonyl (C=O) groups excluding carboxylic acids is 3. The first-order chi connectivity index (χ1) is 22.2. The van der Waals surface area contributed by atoms with Crippen LogP contribution in [0.1, 0.15) is 44.3 Å². The number of carbonyl (C=O) groups is 4. The van der Waals surface area contributed by atoms with Crippen LogP contribution < -0.4 is 15.5 Å². The van der Waals surface area contributed by atoms with Crippen molar-refractivity contribution in [2.45, 2.75) is 12.5 Å². The highest BCUT2D eigenvalue weighted by Gasteiger charge is 2.28. The zero-order valence-corrected chi connectivity index (χ0v) is 24.9. The van der Waals surface area contributed by atoms with Crippen LogP contribution in [0.5, 0.6) is 0 Å². The molecule has 12 nitrogen and oxygen atoms in total. The van der Waals surface area contributed by atoms with Crippen LogP contribution >= 0.6 is 0 Å². The molecule has 3 N–H and O–H groups in total. The Bertz CT molecular complexity index is 1630. The van der Waals surface area contributed by atoms with Gasteiger partial charge in [0.15, 0.2) is 0 Å². The van der Waals surface area contributed by atoms with Gasteiger partial charge in [-0.15, -0.1) is 0 Å². The van der Waals surface area contributed by atoms with Crippen molar-refractivity contribution < 1.29 is 33.4 Å². The number of nitrogens with zero attached hydrogens (tertiary/aromatic N) is 4. The van der Waals surface area contributed by atoms with E-state index in [0.717, 1.165) is 0 Å². The van der Waals surface area contributed by atoms with E-state index < -0.39 is 36.1 Å². The topological polar surface area (TPSA) is 155 Å². The molecule has 3 aromatic rings. The minimum absolute atomic E-state index is 0.0404. The summed E-state index contributed by atoms with van der Waals surface area (Å²) in [4.78, 5) is 56.9. The number of amides is 4. The highest BCUT2D eigenvalue weighted by molar-refractivity contribution is 6.07. The highest BCUT2D eigenvalue weighted by Crippen LogP contribution is 2.30. The number of hydrogen-bond acceptors (Lipinski definition) is 7. The third-order valence-corrected chi connectivity index (χ3v) is 7.91. The number of ether oxygens (including phenoxy) is 1. The predicted molar refractivity (Wildman–Crippen MR) is 166 cm³/mol. The molecule has 5 rings (SSSR count). The van der Waals surface area contributed by atoms with Gasteiger partial charge in [-0.05, 0) is 60.2 Å². The van der Waals surface area contributed by atoms with E-state index in [2.05, 4.69) is 10.6 Å². The van der Waals surface area contributed by atoms with Crippen LogP contribution in [-0.4, -0.2) is 91.2 Å². The molecule has 1 atom stereocenters. The van der Waals surface area contributed by atoms with Crippen molar-refractivity contribution in [1.82, 2.24) is 15.1 Å². The Morgan fingerprint density at radius 3 is 2.11 bits per heavy atom. The van der Waals surface area contributed by atoms with Crippen molar-refractivity contribution in [3.05, 3.63) is 94.8 Å². The molecule has 2 aliphatic heterocycles. The van der Waals surface area contributed by atoms with Crippen molar-refractivity contribution >= 4 is 35.2 Å². The lowest BCUT2D eigenvalue weighted by Gasteiger charge is -2.39. The number of benzene rings is 3. The van der Waals surface area contributed by atoms with Gasteiger partial charge in [0.25, 0.3) is 11.8 Å². The number of hydrogen-bond donors (Lipinski definition) is 3. The molecule has 2 fully saturated rings. The molecule has 2 saturated heterocycles. The first-order valence-corrected chi connectivity index (χ1v) is 14.8. The van der Waals surface area contributed by atoms with Gasteiger partial charge >= 0.3 is 12.0 Å². The van der Waals surface area contributed by atoms with E-state index in [1.165, 1.54) is 54.6 Å². The molecule has 0 aliphatic carbocycles. The Balaban J connectivity index is 1.38. The van der Waals surface area contributed by atoms with Gasteiger partial charge in [0.05, 0.1) is 48.7 Å². The van der Waals surface area contributed by atoms with Gasteiger partial charge in [-0.2, -0.15) is 5.26 Å². The molecule has 0 radical (unpaired) electrons. The van der Waals surface area contributed by atoms with Crippen molar-refractivity contribution in [1.29, 1.82) is 5.26 Å². The standard InChI is InChI=1S/C33H33FN6O6/c34-26-8-5-23(6-9-26)27(20-30(41)42)36-32(44)25-7-10-29(28(19-25)37-31(43)24-3-1-22(21-35)2-4-24)38-11-13-39(14-12-38)33(45)40-15-17-46-18-16-40/h1-10,19,27H,11-18,20H2,(H,36,44)(H,37,43)(H,41,42). The van der Waals surface area contributed by atoms with E-state index >= 15 is 0 Å². The van der Waals surface area contributed by atoms with E-state index in [9.17, 15) is 28.7 Å². The second-order valence-corrected chi connectivity index (χ2v) is 10.9. The summed E-state index contributed by atoms with van der Waals surface area (Å²) < 4.78 is 18.9. The lowest BCUT2D eigenvalue weighted by molar-refractivity contribution is -0.137. The van der Waals surface area contributed by atoms with E-state index in [0.29, 0.717) is 80.5 Å². The molecule has 0 spiro atoms. The summed E-state index contributed by atoms with van der Waals surface area (Å²) >= 11 is 0. The quantitative estimate of drug-likeness (QED) is 0.343. The third kappa shape index (κ3) is 7.77.